The molecule has 106 valence electrons. The Hall–Kier alpha value is -0.970. The van der Waals surface area contributed by atoms with Gasteiger partial charge in [-0.1, -0.05) is 19.1 Å². The summed E-state index contributed by atoms with van der Waals surface area (Å²) in [7, 11) is 1.92. The standard InChI is InChI=1S/C15H23FN2O/c1-3-7-18-8-9-19-14(11-17-2)15(18)12-5-4-6-13(16)10-12/h4-6,10,14-15,17H,3,7-9,11H2,1-2H3. The van der Waals surface area contributed by atoms with Crippen molar-refractivity contribution in [3.8, 4) is 0 Å². The predicted octanol–water partition coefficient (Wildman–Crippen LogP) is 2.20. The Balaban J connectivity index is 2.26. The Bertz CT molecular complexity index is 381. The molecule has 0 spiro atoms. The summed E-state index contributed by atoms with van der Waals surface area (Å²) in [6.45, 7) is 5.63. The summed E-state index contributed by atoms with van der Waals surface area (Å²) in [5, 5.41) is 3.17. The third-order valence-corrected chi connectivity index (χ3v) is 3.56. The van der Waals surface area contributed by atoms with Gasteiger partial charge in [-0.25, -0.2) is 4.39 Å². The van der Waals surface area contributed by atoms with E-state index in [1.165, 1.54) is 6.07 Å². The van der Waals surface area contributed by atoms with Crippen LogP contribution in [-0.4, -0.2) is 44.3 Å². The topological polar surface area (TPSA) is 24.5 Å². The molecule has 2 rings (SSSR count). The quantitative estimate of drug-likeness (QED) is 0.884. The molecule has 19 heavy (non-hydrogen) atoms. The van der Waals surface area contributed by atoms with Gasteiger partial charge in [-0.3, -0.25) is 4.90 Å². The molecule has 0 bridgehead atoms. The van der Waals surface area contributed by atoms with Gasteiger partial charge >= 0.3 is 0 Å². The highest BCUT2D eigenvalue weighted by atomic mass is 19.1. The molecule has 0 saturated carbocycles. The zero-order chi connectivity index (χ0) is 13.7. The van der Waals surface area contributed by atoms with Crippen molar-refractivity contribution < 1.29 is 9.13 Å². The van der Waals surface area contributed by atoms with Gasteiger partial charge in [0.2, 0.25) is 0 Å². The number of ether oxygens (including phenoxy) is 1. The van der Waals surface area contributed by atoms with Crippen molar-refractivity contribution in [2.45, 2.75) is 25.5 Å². The second-order valence-electron chi connectivity index (χ2n) is 5.00. The number of nitrogens with zero attached hydrogens (tertiary/aromatic N) is 1. The van der Waals surface area contributed by atoms with Crippen LogP contribution in [0.3, 0.4) is 0 Å². The van der Waals surface area contributed by atoms with Gasteiger partial charge in [-0.15, -0.1) is 0 Å². The molecule has 1 saturated heterocycles. The lowest BCUT2D eigenvalue weighted by Gasteiger charge is -2.41. The molecule has 1 aromatic carbocycles. The summed E-state index contributed by atoms with van der Waals surface area (Å²) in [6.07, 6.45) is 1.17. The summed E-state index contributed by atoms with van der Waals surface area (Å²) in [4.78, 5) is 2.40. The highest BCUT2D eigenvalue weighted by molar-refractivity contribution is 5.22. The van der Waals surface area contributed by atoms with Crippen LogP contribution < -0.4 is 5.32 Å². The molecule has 3 nitrogen and oxygen atoms in total. The van der Waals surface area contributed by atoms with E-state index in [0.29, 0.717) is 0 Å². The number of hydrogen-bond acceptors (Lipinski definition) is 3. The Morgan fingerprint density at radius 3 is 3.00 bits per heavy atom. The Kier molecular flexibility index (Phi) is 5.31. The van der Waals surface area contributed by atoms with Crippen LogP contribution >= 0.6 is 0 Å². The third kappa shape index (κ3) is 3.53. The maximum atomic E-state index is 13.5. The first-order valence-electron chi connectivity index (χ1n) is 7.02. The van der Waals surface area contributed by atoms with Crippen molar-refractivity contribution in [1.29, 1.82) is 0 Å². The Morgan fingerprint density at radius 2 is 2.32 bits per heavy atom. The molecule has 0 aliphatic carbocycles. The van der Waals surface area contributed by atoms with Gasteiger partial charge in [-0.05, 0) is 37.7 Å². The predicted molar refractivity (Wildman–Crippen MR) is 74.7 cm³/mol. The van der Waals surface area contributed by atoms with Gasteiger partial charge in [0.15, 0.2) is 0 Å². The normalized spacial score (nSPS) is 24.6. The summed E-state index contributed by atoms with van der Waals surface area (Å²) in [6, 6.07) is 7.03. The second kappa shape index (κ2) is 6.98. The molecular weight excluding hydrogens is 243 g/mol. The van der Waals surface area contributed by atoms with E-state index in [4.69, 9.17) is 4.74 Å². The maximum Gasteiger partial charge on any atom is 0.123 e. The van der Waals surface area contributed by atoms with E-state index >= 15 is 0 Å². The van der Waals surface area contributed by atoms with Crippen molar-refractivity contribution in [2.24, 2.45) is 0 Å². The highest BCUT2D eigenvalue weighted by Gasteiger charge is 2.32. The van der Waals surface area contributed by atoms with Crippen LogP contribution in [-0.2, 0) is 4.74 Å². The van der Waals surface area contributed by atoms with E-state index in [1.54, 1.807) is 12.1 Å². The number of likely N-dealkylation sites (N-methyl/N-ethyl adjacent to an activating group) is 1. The molecular formula is C15H23FN2O. The summed E-state index contributed by atoms with van der Waals surface area (Å²) >= 11 is 0. The zero-order valence-corrected chi connectivity index (χ0v) is 11.7. The van der Waals surface area contributed by atoms with Crippen LogP contribution in [0.4, 0.5) is 4.39 Å². The molecule has 4 heteroatoms. The number of halogens is 1. The molecule has 1 aliphatic heterocycles. The van der Waals surface area contributed by atoms with Gasteiger partial charge in [0.05, 0.1) is 18.8 Å². The fourth-order valence-electron chi connectivity index (χ4n) is 2.81. The molecule has 1 N–H and O–H groups in total. The molecule has 1 fully saturated rings. The minimum atomic E-state index is -0.178. The fraction of sp³-hybridized carbons (Fsp3) is 0.600. The van der Waals surface area contributed by atoms with Gasteiger partial charge < -0.3 is 10.1 Å². The fourth-order valence-corrected chi connectivity index (χ4v) is 2.81. The number of hydrogen-bond donors (Lipinski definition) is 1. The van der Waals surface area contributed by atoms with Crippen LogP contribution in [0.5, 0.6) is 0 Å². The Morgan fingerprint density at radius 1 is 1.47 bits per heavy atom. The first kappa shape index (κ1) is 14.4. The van der Waals surface area contributed by atoms with E-state index < -0.39 is 0 Å². The monoisotopic (exact) mass is 266 g/mol. The zero-order valence-electron chi connectivity index (χ0n) is 11.7. The molecule has 1 aliphatic rings. The number of benzene rings is 1. The van der Waals surface area contributed by atoms with Gasteiger partial charge in [0.1, 0.15) is 5.82 Å². The van der Waals surface area contributed by atoms with Crippen LogP contribution in [0.25, 0.3) is 0 Å². The lowest BCUT2D eigenvalue weighted by atomic mass is 9.97. The van der Waals surface area contributed by atoms with Crippen molar-refractivity contribution in [3.63, 3.8) is 0 Å². The molecule has 0 aromatic heterocycles. The molecule has 0 amide bonds. The van der Waals surface area contributed by atoms with Crippen LogP contribution in [0.2, 0.25) is 0 Å². The van der Waals surface area contributed by atoms with E-state index in [2.05, 4.69) is 17.1 Å². The van der Waals surface area contributed by atoms with E-state index in [9.17, 15) is 4.39 Å². The van der Waals surface area contributed by atoms with E-state index in [0.717, 1.165) is 38.2 Å². The molecule has 2 atom stereocenters. The smallest absolute Gasteiger partial charge is 0.123 e. The van der Waals surface area contributed by atoms with Crippen molar-refractivity contribution in [1.82, 2.24) is 10.2 Å². The number of rotatable bonds is 5. The SMILES string of the molecule is CCCN1CCOC(CNC)C1c1cccc(F)c1. The van der Waals surface area contributed by atoms with Crippen molar-refractivity contribution in [2.75, 3.05) is 33.3 Å². The Labute approximate surface area is 114 Å². The largest absolute Gasteiger partial charge is 0.374 e. The van der Waals surface area contributed by atoms with Gasteiger partial charge in [0, 0.05) is 13.1 Å². The lowest BCUT2D eigenvalue weighted by Crippen LogP contribution is -2.48. The van der Waals surface area contributed by atoms with Gasteiger partial charge in [0.25, 0.3) is 0 Å². The number of morpholine rings is 1. The van der Waals surface area contributed by atoms with Crippen molar-refractivity contribution in [3.05, 3.63) is 35.6 Å². The minimum Gasteiger partial charge on any atom is -0.374 e. The third-order valence-electron chi connectivity index (χ3n) is 3.56. The summed E-state index contributed by atoms with van der Waals surface area (Å²) in [5.74, 6) is -0.178. The first-order valence-corrected chi connectivity index (χ1v) is 7.02. The summed E-state index contributed by atoms with van der Waals surface area (Å²) < 4.78 is 19.3. The summed E-state index contributed by atoms with van der Waals surface area (Å²) in [5.41, 5.74) is 1.01. The number of nitrogens with one attached hydrogen (secondary N) is 1. The van der Waals surface area contributed by atoms with Crippen LogP contribution in [0.1, 0.15) is 24.9 Å². The first-order chi connectivity index (χ1) is 9.26. The highest BCUT2D eigenvalue weighted by Crippen LogP contribution is 2.29. The maximum absolute atomic E-state index is 13.5. The van der Waals surface area contributed by atoms with Crippen LogP contribution in [0, 0.1) is 5.82 Å². The van der Waals surface area contributed by atoms with E-state index in [1.807, 2.05) is 13.1 Å². The molecule has 0 radical (unpaired) electrons. The lowest BCUT2D eigenvalue weighted by molar-refractivity contribution is -0.0705. The second-order valence-corrected chi connectivity index (χ2v) is 5.00. The van der Waals surface area contributed by atoms with Crippen molar-refractivity contribution >= 4 is 0 Å². The van der Waals surface area contributed by atoms with E-state index in [-0.39, 0.29) is 18.0 Å². The molecule has 2 unspecified atom stereocenters. The van der Waals surface area contributed by atoms with Gasteiger partial charge in [-0.2, -0.15) is 0 Å². The van der Waals surface area contributed by atoms with Crippen LogP contribution in [0.15, 0.2) is 24.3 Å². The average Bonchev–Trinajstić information content (AvgIpc) is 2.40. The molecule has 1 heterocycles. The minimum absolute atomic E-state index is 0.0760. The average molecular weight is 266 g/mol. The molecule has 1 aromatic rings.